The van der Waals surface area contributed by atoms with Gasteiger partial charge in [0, 0.05) is 0 Å². The van der Waals surface area contributed by atoms with Crippen molar-refractivity contribution in [1.29, 1.82) is 0 Å². The summed E-state index contributed by atoms with van der Waals surface area (Å²) in [5, 5.41) is 5.39. The number of allylic oxidation sites excluding steroid dienone is 4. The van der Waals surface area contributed by atoms with Crippen LogP contribution in [0.4, 0.5) is 0 Å². The number of halogens is 2. The molecule has 0 spiro atoms. The van der Waals surface area contributed by atoms with Gasteiger partial charge in [0.25, 0.3) is 0 Å². The molecule has 0 heterocycles. The molecule has 0 N–H and O–H groups in total. The van der Waals surface area contributed by atoms with Crippen molar-refractivity contribution < 1.29 is 24.2 Å². The van der Waals surface area contributed by atoms with E-state index in [4.69, 9.17) is 0 Å². The summed E-state index contributed by atoms with van der Waals surface area (Å²) in [5.41, 5.74) is 4.38. The fraction of sp³-hybridized carbons (Fsp3) is 0.167. The Hall–Kier alpha value is -2.44. The van der Waals surface area contributed by atoms with Gasteiger partial charge in [-0.3, -0.25) is 6.08 Å². The minimum absolute atomic E-state index is 0. The number of hydrogen-bond acceptors (Lipinski definition) is 0. The van der Waals surface area contributed by atoms with E-state index in [0.717, 1.165) is 0 Å². The van der Waals surface area contributed by atoms with Crippen LogP contribution in [-0.4, -0.2) is 3.21 Å². The molecule has 0 bridgehead atoms. The van der Waals surface area contributed by atoms with Crippen molar-refractivity contribution in [3.05, 3.63) is 150 Å². The minimum atomic E-state index is 0. The first kappa shape index (κ1) is 32.8. The summed E-state index contributed by atoms with van der Waals surface area (Å²) in [6.45, 7) is 8.86. The van der Waals surface area contributed by atoms with Gasteiger partial charge in [0.05, 0.1) is 0 Å². The molecule has 0 saturated heterocycles. The van der Waals surface area contributed by atoms with E-state index in [9.17, 15) is 0 Å². The predicted molar refractivity (Wildman–Crippen MR) is 172 cm³/mol. The van der Waals surface area contributed by atoms with Gasteiger partial charge in [-0.15, -0.1) is 64.6 Å². The van der Waals surface area contributed by atoms with Crippen molar-refractivity contribution in [2.24, 2.45) is 11.3 Å². The van der Waals surface area contributed by atoms with Crippen molar-refractivity contribution in [2.45, 2.75) is 27.7 Å². The summed E-state index contributed by atoms with van der Waals surface area (Å²) >= 11 is 1.46. The van der Waals surface area contributed by atoms with Gasteiger partial charge in [-0.05, 0) is 0 Å². The van der Waals surface area contributed by atoms with Crippen LogP contribution < -0.4 is 0 Å². The normalized spacial score (nSPS) is 13.7. The van der Waals surface area contributed by atoms with Gasteiger partial charge in [-0.1, -0.05) is 75.4 Å². The van der Waals surface area contributed by atoms with Crippen molar-refractivity contribution in [3.8, 4) is 0 Å². The Morgan fingerprint density at radius 2 is 1.08 bits per heavy atom. The van der Waals surface area contributed by atoms with Gasteiger partial charge < -0.3 is 0 Å². The third kappa shape index (κ3) is 9.04. The molecule has 0 fully saturated rings. The van der Waals surface area contributed by atoms with Gasteiger partial charge in [0.1, 0.15) is 0 Å². The van der Waals surface area contributed by atoms with Crippen molar-refractivity contribution in [2.75, 3.05) is 0 Å². The van der Waals surface area contributed by atoms with Gasteiger partial charge in [-0.2, -0.15) is 11.6 Å². The molecule has 1 atom stereocenters. The predicted octanol–water partition coefficient (Wildman–Crippen LogP) is 10.3. The molecule has 3 heteroatoms. The average Bonchev–Trinajstić information content (AvgIpc) is 3.54. The smallest absolute Gasteiger partial charge is 0.0771 e. The van der Waals surface area contributed by atoms with Gasteiger partial charge in [-0.25, -0.2) is 6.08 Å². The molecule has 5 aromatic rings. The molecule has 0 amide bonds. The first-order valence-electron chi connectivity index (χ1n) is 12.9. The van der Waals surface area contributed by atoms with E-state index < -0.39 is 0 Å². The summed E-state index contributed by atoms with van der Waals surface area (Å²) in [7, 11) is 0. The van der Waals surface area contributed by atoms with Crippen LogP contribution in [0.1, 0.15) is 38.8 Å². The molecule has 6 rings (SSSR count). The largest absolute Gasteiger partial charge is 0.126 e. The van der Waals surface area contributed by atoms with Crippen molar-refractivity contribution >= 4 is 49.6 Å². The first-order chi connectivity index (χ1) is 17.8. The van der Waals surface area contributed by atoms with E-state index in [2.05, 4.69) is 161 Å². The van der Waals surface area contributed by atoms with E-state index in [1.165, 1.54) is 65.7 Å². The number of rotatable bonds is 2. The minimum Gasteiger partial charge on any atom is -0.126 e. The van der Waals surface area contributed by atoms with E-state index in [-0.39, 0.29) is 24.8 Å². The topological polar surface area (TPSA) is 0 Å². The second-order valence-corrected chi connectivity index (χ2v) is 11.6. The summed E-state index contributed by atoms with van der Waals surface area (Å²) in [6.07, 6.45) is 7.65. The van der Waals surface area contributed by atoms with Crippen LogP contribution in [0.2, 0.25) is 0 Å². The zero-order valence-corrected chi connectivity index (χ0v) is 27.1. The maximum atomic E-state index is 3.26. The number of fused-ring (bicyclic) bond motifs is 3. The zero-order chi connectivity index (χ0) is 26.3. The molecular formula is C36H36Cl2Zr. The Kier molecular flexibility index (Phi) is 12.9. The third-order valence-corrected chi connectivity index (χ3v) is 7.86. The molecule has 39 heavy (non-hydrogen) atoms. The monoisotopic (exact) mass is 628 g/mol. The van der Waals surface area contributed by atoms with Crippen LogP contribution >= 0.6 is 24.8 Å². The summed E-state index contributed by atoms with van der Waals surface area (Å²) in [6, 6.07) is 40.4. The fourth-order valence-electron chi connectivity index (χ4n) is 4.33. The van der Waals surface area contributed by atoms with Crippen molar-refractivity contribution in [1.82, 2.24) is 0 Å². The molecular weight excluding hydrogens is 595 g/mol. The van der Waals surface area contributed by atoms with Gasteiger partial charge >= 0.3 is 99.2 Å². The second kappa shape index (κ2) is 15.4. The summed E-state index contributed by atoms with van der Waals surface area (Å²) in [4.78, 5) is 0. The SMILES string of the molecule is CC1[C-]=CC(C(C)(C)C)=C1.Cl.Cl.[Zr+2]=[C](c1ccccc1)c1ccccc1.c1ccc2c(c1)[cH-]c1ccccc12. The number of hydrogen-bond donors (Lipinski definition) is 0. The third-order valence-electron chi connectivity index (χ3n) is 6.44. The van der Waals surface area contributed by atoms with Crippen LogP contribution in [0.3, 0.4) is 0 Å². The molecule has 5 aromatic carbocycles. The molecule has 1 aliphatic carbocycles. The van der Waals surface area contributed by atoms with E-state index in [1.807, 2.05) is 0 Å². The Balaban J connectivity index is 0.000000203. The standard InChI is InChI=1S/C13H9.C13H10.C10H15.2ClH.Zr/c1-3-7-12-10(5-1)9-11-6-2-4-8-13(11)12;1-3-7-12(8-4-1)11-13-9-5-2-6-10-13;1-8-5-6-9(7-8)10(2,3)4;;;/h1-9H;1-10H;6-8H,1-4H3;2*1H;/q-1;;-1;;;+2. The second-order valence-electron chi connectivity index (χ2n) is 10.4. The van der Waals surface area contributed by atoms with E-state index in [1.54, 1.807) is 0 Å². The molecule has 1 unspecified atom stereocenters. The maximum Gasteiger partial charge on any atom is -0.0771 e. The van der Waals surface area contributed by atoms with Crippen LogP contribution in [0, 0.1) is 17.4 Å². The quantitative estimate of drug-likeness (QED) is 0.170. The maximum absolute atomic E-state index is 3.26. The van der Waals surface area contributed by atoms with Crippen LogP contribution in [-0.2, 0) is 24.2 Å². The molecule has 0 aromatic heterocycles. The Morgan fingerprint density at radius 1 is 0.667 bits per heavy atom. The zero-order valence-electron chi connectivity index (χ0n) is 23.0. The van der Waals surface area contributed by atoms with E-state index in [0.29, 0.717) is 11.3 Å². The fourth-order valence-corrected chi connectivity index (χ4v) is 5.15. The summed E-state index contributed by atoms with van der Waals surface area (Å²) in [5.74, 6) is 0.522. The first-order valence-corrected chi connectivity index (χ1v) is 14.1. The van der Waals surface area contributed by atoms with Crippen LogP contribution in [0.25, 0.3) is 21.5 Å². The molecule has 1 aliphatic rings. The molecule has 0 radical (unpaired) electrons. The molecule has 198 valence electrons. The van der Waals surface area contributed by atoms with Crippen LogP contribution in [0.5, 0.6) is 0 Å². The van der Waals surface area contributed by atoms with Gasteiger partial charge in [0.15, 0.2) is 0 Å². The van der Waals surface area contributed by atoms with Crippen molar-refractivity contribution in [3.63, 3.8) is 0 Å². The number of benzene rings is 4. The summed E-state index contributed by atoms with van der Waals surface area (Å²) < 4.78 is 1.42. The average molecular weight is 631 g/mol. The van der Waals surface area contributed by atoms with Gasteiger partial charge in [0.2, 0.25) is 0 Å². The Labute approximate surface area is 261 Å². The Bertz CT molecular complexity index is 1430. The molecule has 0 saturated carbocycles. The van der Waals surface area contributed by atoms with E-state index >= 15 is 0 Å². The molecule has 0 nitrogen and oxygen atoms in total. The molecule has 0 aliphatic heterocycles. The Morgan fingerprint density at radius 3 is 1.44 bits per heavy atom. The van der Waals surface area contributed by atoms with Crippen LogP contribution in [0.15, 0.2) is 133 Å².